The Morgan fingerprint density at radius 2 is 2.18 bits per heavy atom. The Balaban J connectivity index is 2.32. The molecule has 1 aliphatic rings. The molecule has 0 aromatic heterocycles. The minimum atomic E-state index is -0.913. The molecule has 5 heteroatoms. The minimum Gasteiger partial charge on any atom is -0.478 e. The summed E-state index contributed by atoms with van der Waals surface area (Å²) >= 11 is 1.92. The van der Waals surface area contributed by atoms with Crippen molar-refractivity contribution >= 4 is 29.1 Å². The third-order valence-corrected chi connectivity index (χ3v) is 3.86. The molecule has 92 valence electrons. The van der Waals surface area contributed by atoms with Crippen molar-refractivity contribution in [3.05, 3.63) is 23.8 Å². The minimum absolute atomic E-state index is 0.303. The van der Waals surface area contributed by atoms with Gasteiger partial charge >= 0.3 is 5.97 Å². The summed E-state index contributed by atoms with van der Waals surface area (Å²) in [6.07, 6.45) is 1.09. The number of hydrogen-bond donors (Lipinski definition) is 2. The number of nitrogen functional groups attached to an aromatic ring is 1. The van der Waals surface area contributed by atoms with E-state index in [0.29, 0.717) is 11.3 Å². The number of benzene rings is 1. The number of anilines is 2. The molecule has 1 heterocycles. The normalized spacial score (nSPS) is 16.6. The molecule has 1 aromatic carbocycles. The van der Waals surface area contributed by atoms with Crippen molar-refractivity contribution in [2.45, 2.75) is 6.42 Å². The van der Waals surface area contributed by atoms with Crippen molar-refractivity contribution in [1.29, 1.82) is 0 Å². The van der Waals surface area contributed by atoms with Crippen LogP contribution in [0.5, 0.6) is 0 Å². The third-order valence-electron chi connectivity index (χ3n) is 2.81. The molecule has 17 heavy (non-hydrogen) atoms. The van der Waals surface area contributed by atoms with Gasteiger partial charge in [0.15, 0.2) is 0 Å². The second-order valence-corrected chi connectivity index (χ2v) is 5.26. The van der Waals surface area contributed by atoms with Crippen LogP contribution in [0, 0.1) is 0 Å². The summed E-state index contributed by atoms with van der Waals surface area (Å²) in [6.45, 7) is 1.81. The molecular weight excluding hydrogens is 236 g/mol. The zero-order valence-corrected chi connectivity index (χ0v) is 10.4. The molecule has 0 atom stereocenters. The Morgan fingerprint density at radius 1 is 1.35 bits per heavy atom. The quantitative estimate of drug-likeness (QED) is 0.787. The summed E-state index contributed by atoms with van der Waals surface area (Å²) < 4.78 is 0. The first-order chi connectivity index (χ1) is 8.18. The van der Waals surface area contributed by atoms with Crippen LogP contribution in [-0.4, -0.2) is 35.7 Å². The van der Waals surface area contributed by atoms with E-state index in [0.717, 1.165) is 36.7 Å². The van der Waals surface area contributed by atoms with Crippen molar-refractivity contribution < 1.29 is 9.90 Å². The van der Waals surface area contributed by atoms with Crippen LogP contribution in [0.4, 0.5) is 11.4 Å². The fourth-order valence-electron chi connectivity index (χ4n) is 1.99. The first-order valence-corrected chi connectivity index (χ1v) is 6.79. The fourth-order valence-corrected chi connectivity index (χ4v) is 2.87. The Hall–Kier alpha value is -1.36. The predicted octanol–water partition coefficient (Wildman–Crippen LogP) is 1.91. The van der Waals surface area contributed by atoms with Gasteiger partial charge in [0.2, 0.25) is 0 Å². The predicted molar refractivity (Wildman–Crippen MR) is 72.0 cm³/mol. The maximum atomic E-state index is 11.2. The summed E-state index contributed by atoms with van der Waals surface area (Å²) in [4.78, 5) is 13.4. The highest BCUT2D eigenvalue weighted by Gasteiger charge is 2.17. The van der Waals surface area contributed by atoms with E-state index in [1.807, 2.05) is 17.8 Å². The van der Waals surface area contributed by atoms with Crippen molar-refractivity contribution in [2.24, 2.45) is 0 Å². The molecular formula is C12H16N2O2S. The summed E-state index contributed by atoms with van der Waals surface area (Å²) in [5.74, 6) is 1.28. The van der Waals surface area contributed by atoms with Crippen LogP contribution in [0.1, 0.15) is 16.8 Å². The highest BCUT2D eigenvalue weighted by Crippen LogP contribution is 2.25. The number of carbonyl (C=O) groups is 1. The standard InChI is InChI=1S/C12H16N2O2S/c13-9-2-3-11(10(8-9)12(15)16)14-4-1-6-17-7-5-14/h2-3,8H,1,4-7,13H2,(H,15,16). The van der Waals surface area contributed by atoms with Crippen LogP contribution in [0.25, 0.3) is 0 Å². The van der Waals surface area contributed by atoms with E-state index in [2.05, 4.69) is 4.90 Å². The van der Waals surface area contributed by atoms with Gasteiger partial charge in [-0.3, -0.25) is 0 Å². The maximum Gasteiger partial charge on any atom is 0.337 e. The van der Waals surface area contributed by atoms with Crippen LogP contribution in [-0.2, 0) is 0 Å². The van der Waals surface area contributed by atoms with Crippen molar-refractivity contribution in [3.63, 3.8) is 0 Å². The van der Waals surface area contributed by atoms with Gasteiger partial charge in [-0.05, 0) is 30.4 Å². The molecule has 0 saturated carbocycles. The SMILES string of the molecule is Nc1ccc(N2CCCSCC2)c(C(=O)O)c1. The Labute approximate surface area is 105 Å². The van der Waals surface area contributed by atoms with E-state index < -0.39 is 5.97 Å². The molecule has 1 aromatic rings. The number of nitrogens with two attached hydrogens (primary N) is 1. The number of aromatic carboxylic acids is 1. The van der Waals surface area contributed by atoms with Gasteiger partial charge in [0.25, 0.3) is 0 Å². The highest BCUT2D eigenvalue weighted by atomic mass is 32.2. The molecule has 1 saturated heterocycles. The van der Waals surface area contributed by atoms with E-state index >= 15 is 0 Å². The highest BCUT2D eigenvalue weighted by molar-refractivity contribution is 7.99. The van der Waals surface area contributed by atoms with Crippen LogP contribution in [0.2, 0.25) is 0 Å². The largest absolute Gasteiger partial charge is 0.478 e. The number of thioether (sulfide) groups is 1. The lowest BCUT2D eigenvalue weighted by atomic mass is 10.1. The Kier molecular flexibility index (Phi) is 3.78. The van der Waals surface area contributed by atoms with Gasteiger partial charge in [-0.25, -0.2) is 4.79 Å². The van der Waals surface area contributed by atoms with Gasteiger partial charge in [-0.2, -0.15) is 11.8 Å². The molecule has 0 aliphatic carbocycles. The van der Waals surface area contributed by atoms with Crippen LogP contribution >= 0.6 is 11.8 Å². The number of hydrogen-bond acceptors (Lipinski definition) is 4. The van der Waals surface area contributed by atoms with Crippen molar-refractivity contribution in [2.75, 3.05) is 35.2 Å². The molecule has 0 unspecified atom stereocenters. The molecule has 2 rings (SSSR count). The van der Waals surface area contributed by atoms with Gasteiger partial charge in [-0.1, -0.05) is 0 Å². The van der Waals surface area contributed by atoms with Crippen LogP contribution < -0.4 is 10.6 Å². The Bertz CT molecular complexity index is 415. The molecule has 0 spiro atoms. The van der Waals surface area contributed by atoms with Gasteiger partial charge in [0.05, 0.1) is 11.3 Å². The molecule has 3 N–H and O–H groups in total. The zero-order chi connectivity index (χ0) is 12.3. The molecule has 0 amide bonds. The lowest BCUT2D eigenvalue weighted by Crippen LogP contribution is -2.27. The van der Waals surface area contributed by atoms with Crippen molar-refractivity contribution in [1.82, 2.24) is 0 Å². The second kappa shape index (κ2) is 5.31. The molecule has 0 radical (unpaired) electrons. The molecule has 0 bridgehead atoms. The third kappa shape index (κ3) is 2.85. The molecule has 4 nitrogen and oxygen atoms in total. The number of carboxylic acid groups (broad SMARTS) is 1. The van der Waals surface area contributed by atoms with Crippen LogP contribution in [0.15, 0.2) is 18.2 Å². The fraction of sp³-hybridized carbons (Fsp3) is 0.417. The van der Waals surface area contributed by atoms with E-state index in [1.54, 1.807) is 6.07 Å². The van der Waals surface area contributed by atoms with Gasteiger partial charge in [0, 0.05) is 24.5 Å². The average molecular weight is 252 g/mol. The van der Waals surface area contributed by atoms with E-state index in [4.69, 9.17) is 5.73 Å². The number of nitrogens with zero attached hydrogens (tertiary/aromatic N) is 1. The van der Waals surface area contributed by atoms with Crippen molar-refractivity contribution in [3.8, 4) is 0 Å². The first-order valence-electron chi connectivity index (χ1n) is 5.64. The maximum absolute atomic E-state index is 11.2. The lowest BCUT2D eigenvalue weighted by molar-refractivity contribution is 0.0697. The summed E-state index contributed by atoms with van der Waals surface area (Å²) in [5.41, 5.74) is 7.22. The average Bonchev–Trinajstić information content (AvgIpc) is 2.57. The van der Waals surface area contributed by atoms with Gasteiger partial charge in [0.1, 0.15) is 0 Å². The van der Waals surface area contributed by atoms with E-state index in [-0.39, 0.29) is 0 Å². The summed E-state index contributed by atoms with van der Waals surface area (Å²) in [7, 11) is 0. The van der Waals surface area contributed by atoms with E-state index in [1.165, 1.54) is 6.07 Å². The Morgan fingerprint density at radius 3 is 2.94 bits per heavy atom. The van der Waals surface area contributed by atoms with Gasteiger partial charge in [-0.15, -0.1) is 0 Å². The summed E-state index contributed by atoms with van der Waals surface area (Å²) in [6, 6.07) is 5.12. The van der Waals surface area contributed by atoms with Gasteiger partial charge < -0.3 is 15.7 Å². The first kappa shape index (κ1) is 12.1. The smallest absolute Gasteiger partial charge is 0.337 e. The lowest BCUT2D eigenvalue weighted by Gasteiger charge is -2.24. The summed E-state index contributed by atoms with van der Waals surface area (Å²) in [5, 5.41) is 9.20. The molecule has 1 aliphatic heterocycles. The van der Waals surface area contributed by atoms with Crippen LogP contribution in [0.3, 0.4) is 0 Å². The number of rotatable bonds is 2. The molecule has 1 fully saturated rings. The topological polar surface area (TPSA) is 66.6 Å². The monoisotopic (exact) mass is 252 g/mol. The number of carboxylic acids is 1. The van der Waals surface area contributed by atoms with E-state index in [9.17, 15) is 9.90 Å². The zero-order valence-electron chi connectivity index (χ0n) is 9.56. The second-order valence-electron chi connectivity index (χ2n) is 4.03.